The molecule has 11 heavy (non-hydrogen) atoms. The van der Waals surface area contributed by atoms with E-state index in [1.165, 1.54) is 12.3 Å². The zero-order valence-electron chi connectivity index (χ0n) is 5.50. The molecule has 1 aliphatic rings. The van der Waals surface area contributed by atoms with Crippen LogP contribution in [0.15, 0.2) is 12.3 Å². The van der Waals surface area contributed by atoms with Gasteiger partial charge in [0.2, 0.25) is 5.78 Å². The summed E-state index contributed by atoms with van der Waals surface area (Å²) in [4.78, 5) is 14.8. The van der Waals surface area contributed by atoms with Crippen LogP contribution in [0.2, 0.25) is 5.15 Å². The number of pyridine rings is 1. The summed E-state index contributed by atoms with van der Waals surface area (Å²) in [5.41, 5.74) is 0.532. The molecular weight excluding hydrogens is 166 g/mol. The number of aromatic nitrogens is 1. The minimum Gasteiger partial charge on any atom is -0.483 e. The van der Waals surface area contributed by atoms with Crippen molar-refractivity contribution in [2.24, 2.45) is 0 Å². The Bertz CT molecular complexity index is 324. The van der Waals surface area contributed by atoms with Crippen LogP contribution in [-0.4, -0.2) is 17.4 Å². The van der Waals surface area contributed by atoms with Crippen molar-refractivity contribution in [2.45, 2.75) is 0 Å². The van der Waals surface area contributed by atoms with Crippen molar-refractivity contribution in [1.82, 2.24) is 4.98 Å². The Balaban J connectivity index is 2.60. The largest absolute Gasteiger partial charge is 0.483 e. The second-order valence-corrected chi connectivity index (χ2v) is 2.60. The molecular formula is C7H4ClNO2. The minimum atomic E-state index is -0.0377. The highest BCUT2D eigenvalue weighted by molar-refractivity contribution is 6.29. The maximum Gasteiger partial charge on any atom is 0.204 e. The maximum absolute atomic E-state index is 11.0. The Morgan fingerprint density at radius 3 is 3.27 bits per heavy atom. The number of carbonyl (C=O) groups is 1. The van der Waals surface area contributed by atoms with Crippen molar-refractivity contribution < 1.29 is 9.53 Å². The summed E-state index contributed by atoms with van der Waals surface area (Å²) in [6.07, 6.45) is 1.46. The fourth-order valence-electron chi connectivity index (χ4n) is 0.971. The minimum absolute atomic E-state index is 0.0377. The molecule has 56 valence electrons. The van der Waals surface area contributed by atoms with Gasteiger partial charge in [-0.15, -0.1) is 0 Å². The van der Waals surface area contributed by atoms with E-state index in [1.54, 1.807) is 0 Å². The first-order chi connectivity index (χ1) is 5.27. The van der Waals surface area contributed by atoms with Gasteiger partial charge in [0, 0.05) is 0 Å². The average Bonchev–Trinajstić information content (AvgIpc) is 2.33. The number of nitrogens with zero attached hydrogens (tertiary/aromatic N) is 1. The number of ether oxygens (including phenoxy) is 1. The Morgan fingerprint density at radius 1 is 1.64 bits per heavy atom. The summed E-state index contributed by atoms with van der Waals surface area (Å²) < 4.78 is 5.00. The Hall–Kier alpha value is -1.09. The van der Waals surface area contributed by atoms with Gasteiger partial charge in [-0.05, 0) is 6.07 Å². The summed E-state index contributed by atoms with van der Waals surface area (Å²) in [5, 5.41) is 0.322. The zero-order chi connectivity index (χ0) is 7.84. The first kappa shape index (κ1) is 6.61. The third-order valence-electron chi connectivity index (χ3n) is 1.49. The normalized spacial score (nSPS) is 14.5. The topological polar surface area (TPSA) is 39.2 Å². The second kappa shape index (κ2) is 2.20. The number of fused-ring (bicyclic) bond motifs is 1. The van der Waals surface area contributed by atoms with Gasteiger partial charge < -0.3 is 4.74 Å². The van der Waals surface area contributed by atoms with E-state index < -0.39 is 0 Å². The molecule has 0 bridgehead atoms. The average molecular weight is 170 g/mol. The molecule has 0 radical (unpaired) electrons. The van der Waals surface area contributed by atoms with Crippen LogP contribution < -0.4 is 4.74 Å². The molecule has 1 aliphatic heterocycles. The predicted octanol–water partition coefficient (Wildman–Crippen LogP) is 1.31. The molecule has 0 amide bonds. The second-order valence-electron chi connectivity index (χ2n) is 2.22. The highest BCUT2D eigenvalue weighted by Gasteiger charge is 2.21. The van der Waals surface area contributed by atoms with Crippen molar-refractivity contribution in [3.63, 3.8) is 0 Å². The van der Waals surface area contributed by atoms with Gasteiger partial charge in [0.1, 0.15) is 10.9 Å². The van der Waals surface area contributed by atoms with Gasteiger partial charge in [-0.25, -0.2) is 4.98 Å². The van der Waals surface area contributed by atoms with Gasteiger partial charge in [-0.2, -0.15) is 0 Å². The molecule has 0 fully saturated rings. The van der Waals surface area contributed by atoms with E-state index in [1.807, 2.05) is 0 Å². The molecule has 0 spiro atoms. The molecule has 3 nitrogen and oxygen atoms in total. The number of halogens is 1. The molecule has 1 aromatic rings. The van der Waals surface area contributed by atoms with E-state index >= 15 is 0 Å². The zero-order valence-corrected chi connectivity index (χ0v) is 6.26. The summed E-state index contributed by atoms with van der Waals surface area (Å²) in [7, 11) is 0. The van der Waals surface area contributed by atoms with Crippen LogP contribution in [0.3, 0.4) is 0 Å². The Labute approximate surface area is 68.0 Å². The molecule has 0 aromatic carbocycles. The van der Waals surface area contributed by atoms with Crippen LogP contribution in [0.5, 0.6) is 5.75 Å². The lowest BCUT2D eigenvalue weighted by molar-refractivity contribution is 0.0961. The lowest BCUT2D eigenvalue weighted by Gasteiger charge is -1.94. The molecule has 0 saturated heterocycles. The number of carbonyl (C=O) groups excluding carboxylic acids is 1. The van der Waals surface area contributed by atoms with Crippen molar-refractivity contribution in [3.8, 4) is 5.75 Å². The van der Waals surface area contributed by atoms with E-state index in [0.717, 1.165) is 0 Å². The molecule has 2 rings (SSSR count). The fourth-order valence-corrected chi connectivity index (χ4v) is 1.13. The number of Topliss-reactive ketones (excluding diaryl/α,β-unsaturated/α-hetero) is 1. The predicted molar refractivity (Wildman–Crippen MR) is 39.1 cm³/mol. The standard InChI is InChI=1S/C7H4ClNO2/c8-7-1-4-5(10)3-11-6(4)2-9-7/h1-2H,3H2. The molecule has 0 N–H and O–H groups in total. The number of rotatable bonds is 0. The summed E-state index contributed by atoms with van der Waals surface area (Å²) in [6, 6.07) is 1.52. The highest BCUT2D eigenvalue weighted by Crippen LogP contribution is 2.25. The maximum atomic E-state index is 11.0. The van der Waals surface area contributed by atoms with Gasteiger partial charge in [0.25, 0.3) is 0 Å². The third kappa shape index (κ3) is 0.973. The number of hydrogen-bond acceptors (Lipinski definition) is 3. The van der Waals surface area contributed by atoms with Crippen LogP contribution in [-0.2, 0) is 0 Å². The smallest absolute Gasteiger partial charge is 0.204 e. The molecule has 0 saturated carbocycles. The van der Waals surface area contributed by atoms with Crippen molar-refractivity contribution in [3.05, 3.63) is 23.0 Å². The van der Waals surface area contributed by atoms with Gasteiger partial charge in [0.05, 0.1) is 11.8 Å². The first-order valence-electron chi connectivity index (χ1n) is 3.09. The van der Waals surface area contributed by atoms with Gasteiger partial charge >= 0.3 is 0 Å². The molecule has 2 heterocycles. The van der Waals surface area contributed by atoms with Crippen LogP contribution in [0.4, 0.5) is 0 Å². The Kier molecular flexibility index (Phi) is 1.32. The van der Waals surface area contributed by atoms with Crippen molar-refractivity contribution >= 4 is 17.4 Å². The van der Waals surface area contributed by atoms with E-state index in [2.05, 4.69) is 4.98 Å². The summed E-state index contributed by atoms with van der Waals surface area (Å²) in [6.45, 7) is 0.108. The molecule has 1 aromatic heterocycles. The van der Waals surface area contributed by atoms with Crippen LogP contribution in [0.25, 0.3) is 0 Å². The third-order valence-corrected chi connectivity index (χ3v) is 1.70. The monoisotopic (exact) mass is 169 g/mol. The van der Waals surface area contributed by atoms with E-state index in [9.17, 15) is 4.79 Å². The van der Waals surface area contributed by atoms with E-state index in [4.69, 9.17) is 16.3 Å². The summed E-state index contributed by atoms with van der Waals surface area (Å²) >= 11 is 5.57. The fraction of sp³-hybridized carbons (Fsp3) is 0.143. The van der Waals surface area contributed by atoms with Crippen LogP contribution in [0, 0.1) is 0 Å². The SMILES string of the molecule is O=C1COc2cnc(Cl)cc21. The quantitative estimate of drug-likeness (QED) is 0.550. The number of ketones is 1. The van der Waals surface area contributed by atoms with Crippen LogP contribution >= 0.6 is 11.6 Å². The highest BCUT2D eigenvalue weighted by atomic mass is 35.5. The Morgan fingerprint density at radius 2 is 2.45 bits per heavy atom. The van der Waals surface area contributed by atoms with E-state index in [-0.39, 0.29) is 12.4 Å². The lowest BCUT2D eigenvalue weighted by Crippen LogP contribution is -1.98. The van der Waals surface area contributed by atoms with Crippen molar-refractivity contribution in [1.29, 1.82) is 0 Å². The van der Waals surface area contributed by atoms with Gasteiger partial charge in [-0.3, -0.25) is 4.79 Å². The van der Waals surface area contributed by atoms with Crippen LogP contribution in [0.1, 0.15) is 10.4 Å². The summed E-state index contributed by atoms with van der Waals surface area (Å²) in [5.74, 6) is 0.490. The number of hydrogen-bond donors (Lipinski definition) is 0. The van der Waals surface area contributed by atoms with E-state index in [0.29, 0.717) is 16.5 Å². The van der Waals surface area contributed by atoms with Gasteiger partial charge in [0.15, 0.2) is 6.61 Å². The first-order valence-corrected chi connectivity index (χ1v) is 3.47. The van der Waals surface area contributed by atoms with Gasteiger partial charge in [-0.1, -0.05) is 11.6 Å². The lowest BCUT2D eigenvalue weighted by atomic mass is 10.2. The molecule has 0 atom stereocenters. The van der Waals surface area contributed by atoms with Crippen molar-refractivity contribution in [2.75, 3.05) is 6.61 Å². The molecule has 0 unspecified atom stereocenters. The molecule has 0 aliphatic carbocycles. The molecule has 4 heteroatoms.